The van der Waals surface area contributed by atoms with Gasteiger partial charge in [-0.05, 0) is 36.4 Å². The molecule has 1 aromatic carbocycles. The van der Waals surface area contributed by atoms with Crippen LogP contribution < -0.4 is 10.1 Å². The van der Waals surface area contributed by atoms with Crippen molar-refractivity contribution in [3.63, 3.8) is 0 Å². The van der Waals surface area contributed by atoms with Crippen LogP contribution in [-0.2, 0) is 6.42 Å². The number of benzene rings is 1. The van der Waals surface area contributed by atoms with E-state index in [2.05, 4.69) is 15.3 Å². The zero-order valence-corrected chi connectivity index (χ0v) is 14.5. The number of rotatable bonds is 4. The number of aromatic nitrogens is 2. The lowest BCUT2D eigenvalue weighted by atomic mass is 10.1. The quantitative estimate of drug-likeness (QED) is 0.760. The first-order chi connectivity index (χ1) is 12.7. The number of nitrogens with zero attached hydrogens (tertiary/aromatic N) is 1. The number of amides is 1. The van der Waals surface area contributed by atoms with Crippen LogP contribution in [0.4, 0.5) is 0 Å². The molecule has 130 valence electrons. The van der Waals surface area contributed by atoms with E-state index < -0.39 is 0 Å². The van der Waals surface area contributed by atoms with E-state index >= 15 is 0 Å². The van der Waals surface area contributed by atoms with Gasteiger partial charge >= 0.3 is 0 Å². The predicted molar refractivity (Wildman–Crippen MR) is 102 cm³/mol. The summed E-state index contributed by atoms with van der Waals surface area (Å²) >= 11 is 0. The highest BCUT2D eigenvalue weighted by Crippen LogP contribution is 2.25. The number of aromatic amines is 1. The van der Waals surface area contributed by atoms with Crippen molar-refractivity contribution >= 4 is 18.1 Å². The van der Waals surface area contributed by atoms with Crippen LogP contribution in [0, 0.1) is 0 Å². The number of nitrogens with one attached hydrogen (secondary N) is 2. The summed E-state index contributed by atoms with van der Waals surface area (Å²) in [5.41, 5.74) is 5.49. The normalized spacial score (nSPS) is 13.5. The molecule has 5 heteroatoms. The molecule has 0 bridgehead atoms. The van der Waals surface area contributed by atoms with E-state index in [-0.39, 0.29) is 5.91 Å². The summed E-state index contributed by atoms with van der Waals surface area (Å²) in [5.74, 6) is 0.807. The van der Waals surface area contributed by atoms with Crippen LogP contribution in [0.1, 0.15) is 27.3 Å². The van der Waals surface area contributed by atoms with E-state index in [1.165, 1.54) is 0 Å². The van der Waals surface area contributed by atoms with Crippen LogP contribution in [0.5, 0.6) is 5.75 Å². The molecular formula is C21H19N3O2. The van der Waals surface area contributed by atoms with Gasteiger partial charge in [-0.25, -0.2) is 0 Å². The topological polar surface area (TPSA) is 67.0 Å². The Hall–Kier alpha value is -3.34. The first kappa shape index (κ1) is 16.1. The highest BCUT2D eigenvalue weighted by atomic mass is 16.5. The smallest absolute Gasteiger partial charge is 0.253 e. The van der Waals surface area contributed by atoms with Crippen molar-refractivity contribution in [1.82, 2.24) is 15.3 Å². The molecule has 0 aliphatic carbocycles. The molecule has 1 amide bonds. The Balaban J connectivity index is 1.63. The van der Waals surface area contributed by atoms with Gasteiger partial charge in [0.2, 0.25) is 0 Å². The number of ether oxygens (including phenoxy) is 1. The average Bonchev–Trinajstić information content (AvgIpc) is 3.13. The van der Waals surface area contributed by atoms with Crippen molar-refractivity contribution in [2.75, 3.05) is 13.7 Å². The third kappa shape index (κ3) is 3.11. The average molecular weight is 345 g/mol. The molecule has 3 heterocycles. The summed E-state index contributed by atoms with van der Waals surface area (Å²) in [6.07, 6.45) is 6.54. The summed E-state index contributed by atoms with van der Waals surface area (Å²) in [7, 11) is 1.66. The van der Waals surface area contributed by atoms with E-state index in [1.807, 2.05) is 54.6 Å². The second-order valence-electron chi connectivity index (χ2n) is 6.13. The molecule has 0 saturated heterocycles. The molecule has 0 atom stereocenters. The van der Waals surface area contributed by atoms with Gasteiger partial charge in [0.1, 0.15) is 5.75 Å². The minimum atomic E-state index is -0.0147. The number of hydrogen-bond acceptors (Lipinski definition) is 3. The van der Waals surface area contributed by atoms with Gasteiger partial charge in [0, 0.05) is 41.7 Å². The molecule has 4 rings (SSSR count). The number of carbonyl (C=O) groups is 1. The van der Waals surface area contributed by atoms with E-state index in [4.69, 9.17) is 4.74 Å². The van der Waals surface area contributed by atoms with E-state index in [1.54, 1.807) is 13.3 Å². The fraction of sp³-hybridized carbons (Fsp3) is 0.143. The number of hydrogen-bond donors (Lipinski definition) is 2. The predicted octanol–water partition coefficient (Wildman–Crippen LogP) is 3.54. The maximum absolute atomic E-state index is 12.0. The molecule has 0 radical (unpaired) electrons. The van der Waals surface area contributed by atoms with Crippen molar-refractivity contribution in [3.8, 4) is 17.0 Å². The molecule has 3 aromatic rings. The van der Waals surface area contributed by atoms with Crippen LogP contribution in [0.15, 0.2) is 48.7 Å². The van der Waals surface area contributed by atoms with E-state index in [9.17, 15) is 4.79 Å². The second kappa shape index (κ2) is 6.88. The molecule has 0 saturated carbocycles. The third-order valence-corrected chi connectivity index (χ3v) is 4.47. The fourth-order valence-corrected chi connectivity index (χ4v) is 3.14. The van der Waals surface area contributed by atoms with Crippen molar-refractivity contribution in [1.29, 1.82) is 0 Å². The second-order valence-corrected chi connectivity index (χ2v) is 6.13. The summed E-state index contributed by atoms with van der Waals surface area (Å²) < 4.78 is 5.37. The summed E-state index contributed by atoms with van der Waals surface area (Å²) in [6, 6.07) is 13.7. The number of fused-ring (bicyclic) bond motifs is 1. The summed E-state index contributed by atoms with van der Waals surface area (Å²) in [6.45, 7) is 0.676. The first-order valence-corrected chi connectivity index (χ1v) is 8.52. The van der Waals surface area contributed by atoms with Crippen molar-refractivity contribution in [3.05, 3.63) is 71.2 Å². The highest BCUT2D eigenvalue weighted by molar-refractivity contribution is 5.97. The molecule has 5 nitrogen and oxygen atoms in total. The van der Waals surface area contributed by atoms with Crippen LogP contribution in [0.25, 0.3) is 23.4 Å². The first-order valence-electron chi connectivity index (χ1n) is 8.52. The maximum Gasteiger partial charge on any atom is 0.253 e. The Morgan fingerprint density at radius 3 is 2.88 bits per heavy atom. The van der Waals surface area contributed by atoms with Gasteiger partial charge in [0.05, 0.1) is 18.4 Å². The zero-order chi connectivity index (χ0) is 17.9. The highest BCUT2D eigenvalue weighted by Gasteiger charge is 2.19. The molecule has 0 unspecified atom stereocenters. The number of para-hydroxylation sites is 1. The molecule has 0 spiro atoms. The fourth-order valence-electron chi connectivity index (χ4n) is 3.14. The third-order valence-electron chi connectivity index (χ3n) is 4.47. The standard InChI is InChI=1S/C21H19N3O2/c1-26-20-5-3-2-4-14(20)6-7-16-12-15(8-10-22-16)19-13-17-18(24-19)9-11-23-21(17)25/h2-8,10,12-13,24H,9,11H2,1H3,(H,23,25)/b7-6+. The van der Waals surface area contributed by atoms with Crippen LogP contribution in [0.2, 0.25) is 0 Å². The Labute approximate surface area is 151 Å². The molecule has 26 heavy (non-hydrogen) atoms. The number of carbonyl (C=O) groups excluding carboxylic acids is 1. The van der Waals surface area contributed by atoms with Gasteiger partial charge in [0.15, 0.2) is 0 Å². The Bertz CT molecular complexity index is 988. The molecule has 1 aliphatic heterocycles. The van der Waals surface area contributed by atoms with E-state index in [0.717, 1.165) is 45.9 Å². The lowest BCUT2D eigenvalue weighted by Gasteiger charge is -2.10. The number of methoxy groups -OCH3 is 1. The zero-order valence-electron chi connectivity index (χ0n) is 14.5. The number of pyridine rings is 1. The molecule has 1 aliphatic rings. The van der Waals surface area contributed by atoms with Gasteiger partial charge in [-0.15, -0.1) is 0 Å². The lowest BCUT2D eigenvalue weighted by molar-refractivity contribution is 0.0946. The SMILES string of the molecule is COc1ccccc1/C=C/c1cc(-c2cc3c([nH]2)CCNC3=O)ccn1. The summed E-state index contributed by atoms with van der Waals surface area (Å²) in [4.78, 5) is 19.7. The Morgan fingerprint density at radius 2 is 2.04 bits per heavy atom. The van der Waals surface area contributed by atoms with Crippen LogP contribution in [0.3, 0.4) is 0 Å². The van der Waals surface area contributed by atoms with Crippen LogP contribution >= 0.6 is 0 Å². The minimum Gasteiger partial charge on any atom is -0.496 e. The van der Waals surface area contributed by atoms with Gasteiger partial charge < -0.3 is 15.0 Å². The monoisotopic (exact) mass is 345 g/mol. The molecule has 2 N–H and O–H groups in total. The van der Waals surface area contributed by atoms with Gasteiger partial charge in [-0.2, -0.15) is 0 Å². The van der Waals surface area contributed by atoms with Crippen molar-refractivity contribution in [2.24, 2.45) is 0 Å². The van der Waals surface area contributed by atoms with Gasteiger partial charge in [-0.3, -0.25) is 9.78 Å². The van der Waals surface area contributed by atoms with Crippen LogP contribution in [-0.4, -0.2) is 29.5 Å². The van der Waals surface area contributed by atoms with Gasteiger partial charge in [0.25, 0.3) is 5.91 Å². The van der Waals surface area contributed by atoms with Crippen molar-refractivity contribution in [2.45, 2.75) is 6.42 Å². The minimum absolute atomic E-state index is 0.0147. The molecule has 2 aromatic heterocycles. The molecule has 0 fully saturated rings. The van der Waals surface area contributed by atoms with Gasteiger partial charge in [-0.1, -0.05) is 18.2 Å². The summed E-state index contributed by atoms with van der Waals surface area (Å²) in [5, 5.41) is 2.87. The number of H-pyrrole nitrogens is 1. The Kier molecular flexibility index (Phi) is 4.27. The Morgan fingerprint density at radius 1 is 1.15 bits per heavy atom. The lowest BCUT2D eigenvalue weighted by Crippen LogP contribution is -2.31. The largest absolute Gasteiger partial charge is 0.496 e. The maximum atomic E-state index is 12.0. The van der Waals surface area contributed by atoms with Crippen molar-refractivity contribution < 1.29 is 9.53 Å². The van der Waals surface area contributed by atoms with E-state index in [0.29, 0.717) is 6.54 Å². The molecular weight excluding hydrogens is 326 g/mol.